The first-order valence-electron chi connectivity index (χ1n) is 5.62. The number of anilines is 1. The third-order valence-electron chi connectivity index (χ3n) is 2.33. The molecule has 2 aromatic heterocycles. The highest BCUT2D eigenvalue weighted by Crippen LogP contribution is 2.14. The first-order chi connectivity index (χ1) is 8.69. The summed E-state index contributed by atoms with van der Waals surface area (Å²) in [5, 5.41) is 6.35. The van der Waals surface area contributed by atoms with Gasteiger partial charge in [-0.05, 0) is 6.42 Å². The summed E-state index contributed by atoms with van der Waals surface area (Å²) in [5.74, 6) is -0.128. The number of thiazole rings is 2. The molecule has 0 spiro atoms. The summed E-state index contributed by atoms with van der Waals surface area (Å²) < 4.78 is 0. The van der Waals surface area contributed by atoms with Gasteiger partial charge in [-0.2, -0.15) is 0 Å². The Balaban J connectivity index is 1.80. The summed E-state index contributed by atoms with van der Waals surface area (Å²) in [6.45, 7) is 2.65. The fourth-order valence-electron chi connectivity index (χ4n) is 1.39. The molecule has 3 N–H and O–H groups in total. The number of amides is 1. The molecule has 96 valence electrons. The summed E-state index contributed by atoms with van der Waals surface area (Å²) in [6.07, 6.45) is 3.20. The van der Waals surface area contributed by atoms with E-state index in [1.807, 2.05) is 0 Å². The molecule has 0 saturated carbocycles. The summed E-state index contributed by atoms with van der Waals surface area (Å²) >= 11 is 2.82. The molecule has 2 heterocycles. The van der Waals surface area contributed by atoms with Gasteiger partial charge in [0.2, 0.25) is 0 Å². The molecule has 0 bridgehead atoms. The van der Waals surface area contributed by atoms with Gasteiger partial charge in [0.25, 0.3) is 5.91 Å². The normalized spacial score (nSPS) is 10.5. The van der Waals surface area contributed by atoms with E-state index in [1.54, 1.807) is 11.3 Å². The van der Waals surface area contributed by atoms with Gasteiger partial charge >= 0.3 is 0 Å². The zero-order valence-corrected chi connectivity index (χ0v) is 11.6. The molecule has 18 heavy (non-hydrogen) atoms. The highest BCUT2D eigenvalue weighted by molar-refractivity contribution is 7.17. The van der Waals surface area contributed by atoms with Crippen LogP contribution in [0.2, 0.25) is 0 Å². The number of aromatic nitrogens is 2. The Morgan fingerprint density at radius 2 is 2.39 bits per heavy atom. The van der Waals surface area contributed by atoms with E-state index >= 15 is 0 Å². The zero-order chi connectivity index (χ0) is 13.0. The molecule has 7 heteroatoms. The number of nitrogen functional groups attached to an aromatic ring is 1. The van der Waals surface area contributed by atoms with Crippen molar-refractivity contribution in [3.05, 3.63) is 27.2 Å². The second-order valence-corrected chi connectivity index (χ2v) is 5.66. The molecule has 1 amide bonds. The first-order valence-corrected chi connectivity index (χ1v) is 7.31. The van der Waals surface area contributed by atoms with Crippen molar-refractivity contribution < 1.29 is 4.79 Å². The smallest absolute Gasteiger partial charge is 0.263 e. The molecule has 5 nitrogen and oxygen atoms in total. The third kappa shape index (κ3) is 3.27. The Morgan fingerprint density at radius 1 is 1.56 bits per heavy atom. The predicted octanol–water partition coefficient (Wildman–Crippen LogP) is 1.72. The van der Waals surface area contributed by atoms with Gasteiger partial charge in [0.05, 0.1) is 16.9 Å². The number of carbonyl (C=O) groups excluding carboxylic acids is 1. The van der Waals surface area contributed by atoms with Crippen molar-refractivity contribution in [3.8, 4) is 0 Å². The maximum Gasteiger partial charge on any atom is 0.263 e. The van der Waals surface area contributed by atoms with Crippen LogP contribution in [0.1, 0.15) is 27.3 Å². The van der Waals surface area contributed by atoms with E-state index in [0.717, 1.165) is 23.5 Å². The topological polar surface area (TPSA) is 80.9 Å². The van der Waals surface area contributed by atoms with Gasteiger partial charge in [-0.25, -0.2) is 9.97 Å². The third-order valence-corrected chi connectivity index (χ3v) is 4.12. The molecule has 0 saturated heterocycles. The maximum absolute atomic E-state index is 11.7. The number of hydrogen-bond acceptors (Lipinski definition) is 6. The lowest BCUT2D eigenvalue weighted by atomic mass is 10.4. The molecule has 0 atom stereocenters. The number of aryl methyl sites for hydroxylation is 1. The van der Waals surface area contributed by atoms with E-state index in [-0.39, 0.29) is 5.91 Å². The zero-order valence-electron chi connectivity index (χ0n) is 9.97. The fourth-order valence-corrected chi connectivity index (χ4v) is 2.87. The number of nitrogens with zero attached hydrogens (tertiary/aromatic N) is 2. The second-order valence-electron chi connectivity index (χ2n) is 3.65. The fraction of sp³-hybridized carbons (Fsp3) is 0.364. The highest BCUT2D eigenvalue weighted by atomic mass is 32.1. The van der Waals surface area contributed by atoms with Crippen molar-refractivity contribution in [1.82, 2.24) is 15.3 Å². The van der Waals surface area contributed by atoms with Crippen LogP contribution >= 0.6 is 22.7 Å². The number of nitrogens with one attached hydrogen (secondary N) is 1. The van der Waals surface area contributed by atoms with Crippen LogP contribution in [0.5, 0.6) is 0 Å². The lowest BCUT2D eigenvalue weighted by molar-refractivity contribution is 0.0958. The number of rotatable bonds is 5. The van der Waals surface area contributed by atoms with E-state index in [0.29, 0.717) is 16.6 Å². The minimum Gasteiger partial charge on any atom is -0.375 e. The Labute approximate surface area is 113 Å². The van der Waals surface area contributed by atoms with Gasteiger partial charge in [0, 0.05) is 18.3 Å². The Hall–Kier alpha value is -1.47. The predicted molar refractivity (Wildman–Crippen MR) is 74.1 cm³/mol. The summed E-state index contributed by atoms with van der Waals surface area (Å²) in [4.78, 5) is 20.5. The summed E-state index contributed by atoms with van der Waals surface area (Å²) in [7, 11) is 0. The van der Waals surface area contributed by atoms with Crippen molar-refractivity contribution in [3.63, 3.8) is 0 Å². The molecule has 0 aliphatic heterocycles. The van der Waals surface area contributed by atoms with Crippen LogP contribution < -0.4 is 11.1 Å². The average molecular weight is 282 g/mol. The van der Waals surface area contributed by atoms with Crippen LogP contribution in [-0.2, 0) is 12.8 Å². The largest absolute Gasteiger partial charge is 0.375 e. The van der Waals surface area contributed by atoms with Gasteiger partial charge in [-0.3, -0.25) is 4.79 Å². The lowest BCUT2D eigenvalue weighted by Gasteiger charge is -2.00. The molecule has 0 unspecified atom stereocenters. The van der Waals surface area contributed by atoms with Crippen LogP contribution in [0.3, 0.4) is 0 Å². The van der Waals surface area contributed by atoms with Crippen molar-refractivity contribution in [2.75, 3.05) is 12.3 Å². The number of nitrogens with two attached hydrogens (primary N) is 1. The van der Waals surface area contributed by atoms with Gasteiger partial charge in [-0.1, -0.05) is 18.3 Å². The van der Waals surface area contributed by atoms with E-state index in [4.69, 9.17) is 5.73 Å². The summed E-state index contributed by atoms with van der Waals surface area (Å²) in [6, 6.07) is 0. The molecular weight excluding hydrogens is 268 g/mol. The molecule has 0 aliphatic carbocycles. The van der Waals surface area contributed by atoms with Crippen LogP contribution in [0.15, 0.2) is 11.6 Å². The second kappa shape index (κ2) is 5.92. The van der Waals surface area contributed by atoms with Crippen molar-refractivity contribution in [1.29, 1.82) is 0 Å². The number of carbonyl (C=O) groups is 1. The van der Waals surface area contributed by atoms with Crippen LogP contribution in [0.4, 0.5) is 5.13 Å². The van der Waals surface area contributed by atoms with Gasteiger partial charge in [0.15, 0.2) is 5.13 Å². The van der Waals surface area contributed by atoms with Gasteiger partial charge in [-0.15, -0.1) is 11.3 Å². The number of hydrogen-bond donors (Lipinski definition) is 2. The van der Waals surface area contributed by atoms with E-state index in [9.17, 15) is 4.79 Å². The summed E-state index contributed by atoms with van der Waals surface area (Å²) in [5.41, 5.74) is 6.58. The lowest BCUT2D eigenvalue weighted by Crippen LogP contribution is -2.24. The molecule has 2 rings (SSSR count). The standard InChI is InChI=1S/C11H14N4OS2/c1-2-7-6-17-9(15-7)3-4-13-10(16)8-5-14-11(12)18-8/h5-6H,2-4H2,1H3,(H2,12,14)(H,13,16). The Kier molecular flexibility index (Phi) is 4.27. The molecule has 2 aromatic rings. The molecule has 0 fully saturated rings. The quantitative estimate of drug-likeness (QED) is 0.875. The highest BCUT2D eigenvalue weighted by Gasteiger charge is 2.09. The van der Waals surface area contributed by atoms with Crippen molar-refractivity contribution >= 4 is 33.7 Å². The van der Waals surface area contributed by atoms with Crippen molar-refractivity contribution in [2.24, 2.45) is 0 Å². The first kappa shape index (κ1) is 13.0. The minimum atomic E-state index is -0.128. The SMILES string of the molecule is CCc1csc(CCNC(=O)c2cnc(N)s2)n1. The molecule has 0 aromatic carbocycles. The monoisotopic (exact) mass is 282 g/mol. The van der Waals surface area contributed by atoms with E-state index in [2.05, 4.69) is 27.6 Å². The molecule has 0 aliphatic rings. The molecular formula is C11H14N4OS2. The Morgan fingerprint density at radius 3 is 3.00 bits per heavy atom. The Bertz CT molecular complexity index is 535. The van der Waals surface area contributed by atoms with E-state index < -0.39 is 0 Å². The van der Waals surface area contributed by atoms with Gasteiger partial charge in [0.1, 0.15) is 4.88 Å². The van der Waals surface area contributed by atoms with Crippen LogP contribution in [0.25, 0.3) is 0 Å². The van der Waals surface area contributed by atoms with E-state index in [1.165, 1.54) is 17.5 Å². The minimum absolute atomic E-state index is 0.128. The van der Waals surface area contributed by atoms with Crippen LogP contribution in [-0.4, -0.2) is 22.4 Å². The van der Waals surface area contributed by atoms with Crippen molar-refractivity contribution in [2.45, 2.75) is 19.8 Å². The van der Waals surface area contributed by atoms with Gasteiger partial charge < -0.3 is 11.1 Å². The maximum atomic E-state index is 11.7. The van der Waals surface area contributed by atoms with Crippen LogP contribution in [0, 0.1) is 0 Å². The average Bonchev–Trinajstić information content (AvgIpc) is 2.98. The molecule has 0 radical (unpaired) electrons.